The molecule has 0 amide bonds. The van der Waals surface area contributed by atoms with Crippen molar-refractivity contribution in [3.05, 3.63) is 47.0 Å². The van der Waals surface area contributed by atoms with Crippen LogP contribution in [0.2, 0.25) is 0 Å². The topological polar surface area (TPSA) is 44.1 Å². The van der Waals surface area contributed by atoms with Crippen LogP contribution >= 0.6 is 0 Å². The van der Waals surface area contributed by atoms with E-state index in [2.05, 4.69) is 5.10 Å². The Morgan fingerprint density at radius 3 is 2.95 bits per heavy atom. The molecule has 0 aliphatic heterocycles. The highest BCUT2D eigenvalue weighted by Gasteiger charge is 2.11. The van der Waals surface area contributed by atoms with Crippen molar-refractivity contribution in [3.8, 4) is 5.75 Å². The Balaban J connectivity index is 2.21. The van der Waals surface area contributed by atoms with Gasteiger partial charge in [0.25, 0.3) is 0 Å². The summed E-state index contributed by atoms with van der Waals surface area (Å²) in [6.45, 7) is 4.74. The van der Waals surface area contributed by atoms with E-state index in [-0.39, 0.29) is 17.9 Å². The molecule has 0 saturated carbocycles. The fraction of sp³-hybridized carbons (Fsp3) is 0.286. The van der Waals surface area contributed by atoms with Gasteiger partial charge in [-0.05, 0) is 32.0 Å². The number of rotatable bonds is 5. The van der Waals surface area contributed by atoms with Crippen LogP contribution in [-0.2, 0) is 13.2 Å². The van der Waals surface area contributed by atoms with E-state index in [0.29, 0.717) is 12.8 Å². The number of benzene rings is 1. The van der Waals surface area contributed by atoms with E-state index in [4.69, 9.17) is 4.74 Å². The Kier molecular flexibility index (Phi) is 3.94. The number of hydrogen-bond donors (Lipinski definition) is 0. The smallest absolute Gasteiger partial charge is 0.166 e. The molecule has 19 heavy (non-hydrogen) atoms. The largest absolute Gasteiger partial charge is 0.483 e. The second-order valence-electron chi connectivity index (χ2n) is 4.16. The van der Waals surface area contributed by atoms with E-state index in [9.17, 15) is 9.18 Å². The van der Waals surface area contributed by atoms with Crippen molar-refractivity contribution in [3.63, 3.8) is 0 Å². The molecular formula is C14H15FN2O2. The number of hydrogen-bond acceptors (Lipinski definition) is 3. The summed E-state index contributed by atoms with van der Waals surface area (Å²) in [5.41, 5.74) is 1.93. The lowest BCUT2D eigenvalue weighted by Crippen LogP contribution is -2.07. The first-order valence-corrected chi connectivity index (χ1v) is 6.05. The summed E-state index contributed by atoms with van der Waals surface area (Å²) in [4.78, 5) is 10.9. The minimum absolute atomic E-state index is 0.0148. The number of nitrogens with zero attached hydrogens (tertiary/aromatic N) is 2. The number of aromatic nitrogens is 2. The molecule has 0 aliphatic rings. The van der Waals surface area contributed by atoms with Gasteiger partial charge in [-0.3, -0.25) is 9.48 Å². The fourth-order valence-corrected chi connectivity index (χ4v) is 1.91. The highest BCUT2D eigenvalue weighted by Crippen LogP contribution is 2.22. The van der Waals surface area contributed by atoms with Gasteiger partial charge in [0.1, 0.15) is 6.61 Å². The Hall–Kier alpha value is -2.17. The third-order valence-corrected chi connectivity index (χ3v) is 2.77. The number of aldehydes is 1. The molecule has 0 fully saturated rings. The first-order valence-electron chi connectivity index (χ1n) is 6.05. The molecule has 2 aromatic rings. The molecule has 0 radical (unpaired) electrons. The Morgan fingerprint density at radius 2 is 2.26 bits per heavy atom. The Bertz CT molecular complexity index is 593. The quantitative estimate of drug-likeness (QED) is 0.778. The molecule has 0 aliphatic carbocycles. The number of halogens is 1. The van der Waals surface area contributed by atoms with Gasteiger partial charge in [-0.2, -0.15) is 5.10 Å². The summed E-state index contributed by atoms with van der Waals surface area (Å²) in [6, 6.07) is 6.15. The zero-order chi connectivity index (χ0) is 13.8. The average molecular weight is 262 g/mol. The summed E-state index contributed by atoms with van der Waals surface area (Å²) in [5.74, 6) is -0.553. The second kappa shape index (κ2) is 5.65. The number of carbonyl (C=O) groups is 1. The molecule has 0 unspecified atom stereocenters. The monoisotopic (exact) mass is 262 g/mol. The lowest BCUT2D eigenvalue weighted by molar-refractivity contribution is 0.111. The van der Waals surface area contributed by atoms with Gasteiger partial charge in [-0.1, -0.05) is 6.07 Å². The van der Waals surface area contributed by atoms with E-state index in [1.165, 1.54) is 18.2 Å². The van der Waals surface area contributed by atoms with Crippen LogP contribution in [-0.4, -0.2) is 16.1 Å². The van der Waals surface area contributed by atoms with Crippen molar-refractivity contribution in [2.75, 3.05) is 0 Å². The number of para-hydroxylation sites is 1. The molecule has 2 rings (SSSR count). The summed E-state index contributed by atoms with van der Waals surface area (Å²) in [5, 5.41) is 4.28. The standard InChI is InChI=1S/C14H15FN2O2/c1-3-17-12(7-10(2)16-17)9-19-14-11(8-18)5-4-6-13(14)15/h4-8H,3,9H2,1-2H3. The van der Waals surface area contributed by atoms with Crippen LogP contribution in [0.25, 0.3) is 0 Å². The van der Waals surface area contributed by atoms with E-state index in [1.807, 2.05) is 19.9 Å². The number of carbonyl (C=O) groups excluding carboxylic acids is 1. The lowest BCUT2D eigenvalue weighted by atomic mass is 10.2. The molecule has 5 heteroatoms. The minimum Gasteiger partial charge on any atom is -0.483 e. The predicted octanol–water partition coefficient (Wildman–Crippen LogP) is 2.74. The van der Waals surface area contributed by atoms with Gasteiger partial charge < -0.3 is 4.74 Å². The van der Waals surface area contributed by atoms with Crippen LogP contribution in [0.5, 0.6) is 5.75 Å². The van der Waals surface area contributed by atoms with Crippen molar-refractivity contribution >= 4 is 6.29 Å². The van der Waals surface area contributed by atoms with Crippen LogP contribution in [0.15, 0.2) is 24.3 Å². The van der Waals surface area contributed by atoms with E-state index in [0.717, 1.165) is 11.4 Å². The predicted molar refractivity (Wildman–Crippen MR) is 68.8 cm³/mol. The van der Waals surface area contributed by atoms with Crippen molar-refractivity contribution in [2.45, 2.75) is 27.0 Å². The van der Waals surface area contributed by atoms with Gasteiger partial charge in [-0.15, -0.1) is 0 Å². The van der Waals surface area contributed by atoms with Crippen molar-refractivity contribution < 1.29 is 13.9 Å². The van der Waals surface area contributed by atoms with Gasteiger partial charge >= 0.3 is 0 Å². The maximum absolute atomic E-state index is 13.6. The molecule has 4 nitrogen and oxygen atoms in total. The molecular weight excluding hydrogens is 247 g/mol. The van der Waals surface area contributed by atoms with Crippen molar-refractivity contribution in [2.24, 2.45) is 0 Å². The first kappa shape index (κ1) is 13.3. The van der Waals surface area contributed by atoms with Gasteiger partial charge in [-0.25, -0.2) is 4.39 Å². The van der Waals surface area contributed by atoms with Crippen LogP contribution in [0.3, 0.4) is 0 Å². The summed E-state index contributed by atoms with van der Waals surface area (Å²) < 4.78 is 20.8. The van der Waals surface area contributed by atoms with Gasteiger partial charge in [0.15, 0.2) is 17.9 Å². The zero-order valence-corrected chi connectivity index (χ0v) is 10.9. The summed E-state index contributed by atoms with van der Waals surface area (Å²) >= 11 is 0. The van der Waals surface area contributed by atoms with Gasteiger partial charge in [0.2, 0.25) is 0 Å². The molecule has 100 valence electrons. The number of ether oxygens (including phenoxy) is 1. The lowest BCUT2D eigenvalue weighted by Gasteiger charge is -2.10. The molecule has 1 aromatic carbocycles. The molecule has 0 spiro atoms. The third kappa shape index (κ3) is 2.81. The average Bonchev–Trinajstić information content (AvgIpc) is 2.77. The zero-order valence-electron chi connectivity index (χ0n) is 10.9. The van der Waals surface area contributed by atoms with Crippen molar-refractivity contribution in [1.82, 2.24) is 9.78 Å². The molecule has 0 atom stereocenters. The SMILES string of the molecule is CCn1nc(C)cc1COc1c(F)cccc1C=O. The first-order chi connectivity index (χ1) is 9.15. The number of aryl methyl sites for hydroxylation is 2. The van der Waals surface area contributed by atoms with Crippen LogP contribution < -0.4 is 4.74 Å². The van der Waals surface area contributed by atoms with Crippen LogP contribution in [0.4, 0.5) is 4.39 Å². The van der Waals surface area contributed by atoms with Crippen LogP contribution in [0.1, 0.15) is 28.7 Å². The minimum atomic E-state index is -0.538. The molecule has 0 N–H and O–H groups in total. The maximum atomic E-state index is 13.6. The Morgan fingerprint density at radius 1 is 1.47 bits per heavy atom. The van der Waals surface area contributed by atoms with E-state index >= 15 is 0 Å². The highest BCUT2D eigenvalue weighted by molar-refractivity contribution is 5.79. The van der Waals surface area contributed by atoms with Gasteiger partial charge in [0.05, 0.1) is 17.0 Å². The summed E-state index contributed by atoms with van der Waals surface area (Å²) in [7, 11) is 0. The summed E-state index contributed by atoms with van der Waals surface area (Å²) in [6.07, 6.45) is 0.584. The Labute approximate surface area is 110 Å². The molecule has 1 aromatic heterocycles. The van der Waals surface area contributed by atoms with Crippen molar-refractivity contribution in [1.29, 1.82) is 0 Å². The fourth-order valence-electron chi connectivity index (χ4n) is 1.91. The second-order valence-corrected chi connectivity index (χ2v) is 4.16. The normalized spacial score (nSPS) is 10.5. The van der Waals surface area contributed by atoms with Gasteiger partial charge in [0, 0.05) is 6.54 Å². The maximum Gasteiger partial charge on any atom is 0.166 e. The van der Waals surface area contributed by atoms with E-state index < -0.39 is 5.82 Å². The molecule has 0 saturated heterocycles. The highest BCUT2D eigenvalue weighted by atomic mass is 19.1. The van der Waals surface area contributed by atoms with Crippen LogP contribution in [0, 0.1) is 12.7 Å². The molecule has 1 heterocycles. The third-order valence-electron chi connectivity index (χ3n) is 2.77. The molecule has 0 bridgehead atoms. The van der Waals surface area contributed by atoms with E-state index in [1.54, 1.807) is 4.68 Å².